The number of nitrogens with one attached hydrogen (secondary N) is 1. The second kappa shape index (κ2) is 6.87. The molecule has 0 aliphatic rings. The molecule has 3 nitrogen and oxygen atoms in total. The van der Waals surface area contributed by atoms with Crippen LogP contribution in [0.25, 0.3) is 22.3 Å². The standard InChI is InChI=1S/C21H16F3N3/c22-21(23,24)17-9-6-14(7-10-17)8-11-19-26-18-12-16(13-25-20(18)27-19)15-4-2-1-3-5-15/h1-7,9-10,12-13H,8,11H2,(H,25,26,27). The van der Waals surface area contributed by atoms with Gasteiger partial charge < -0.3 is 4.98 Å². The van der Waals surface area contributed by atoms with Crippen molar-refractivity contribution in [2.45, 2.75) is 19.0 Å². The van der Waals surface area contributed by atoms with Crippen molar-refractivity contribution in [3.63, 3.8) is 0 Å². The van der Waals surface area contributed by atoms with Crippen molar-refractivity contribution in [1.29, 1.82) is 0 Å². The molecule has 0 amide bonds. The van der Waals surface area contributed by atoms with Crippen LogP contribution in [0.15, 0.2) is 66.9 Å². The summed E-state index contributed by atoms with van der Waals surface area (Å²) in [4.78, 5) is 12.1. The largest absolute Gasteiger partial charge is 0.416 e. The Bertz CT molecular complexity index is 1050. The number of nitrogens with zero attached hydrogens (tertiary/aromatic N) is 2. The maximum absolute atomic E-state index is 12.6. The number of aromatic nitrogens is 3. The van der Waals surface area contributed by atoms with E-state index < -0.39 is 11.7 Å². The molecule has 0 radical (unpaired) electrons. The smallest absolute Gasteiger partial charge is 0.341 e. The van der Waals surface area contributed by atoms with Gasteiger partial charge in [0.15, 0.2) is 5.65 Å². The molecule has 4 aromatic rings. The van der Waals surface area contributed by atoms with E-state index in [-0.39, 0.29) is 0 Å². The number of halogens is 3. The van der Waals surface area contributed by atoms with E-state index in [4.69, 9.17) is 0 Å². The van der Waals surface area contributed by atoms with E-state index in [1.54, 1.807) is 6.20 Å². The third-order valence-corrected chi connectivity index (χ3v) is 4.43. The molecule has 27 heavy (non-hydrogen) atoms. The molecule has 0 atom stereocenters. The summed E-state index contributed by atoms with van der Waals surface area (Å²) >= 11 is 0. The minimum Gasteiger partial charge on any atom is -0.341 e. The summed E-state index contributed by atoms with van der Waals surface area (Å²) in [7, 11) is 0. The van der Waals surface area contributed by atoms with Crippen LogP contribution in [0, 0.1) is 0 Å². The first kappa shape index (κ1) is 17.3. The predicted molar refractivity (Wildman–Crippen MR) is 98.2 cm³/mol. The highest BCUT2D eigenvalue weighted by Gasteiger charge is 2.29. The Morgan fingerprint density at radius 3 is 2.30 bits per heavy atom. The number of rotatable bonds is 4. The number of alkyl halides is 3. The summed E-state index contributed by atoms with van der Waals surface area (Å²) in [6.45, 7) is 0. The van der Waals surface area contributed by atoms with Gasteiger partial charge in [-0.1, -0.05) is 42.5 Å². The fraction of sp³-hybridized carbons (Fsp3) is 0.143. The van der Waals surface area contributed by atoms with Crippen LogP contribution in [0.5, 0.6) is 0 Å². The minimum atomic E-state index is -4.31. The molecule has 0 spiro atoms. The molecule has 2 aromatic carbocycles. The van der Waals surface area contributed by atoms with Crippen molar-refractivity contribution in [3.05, 3.63) is 83.8 Å². The zero-order chi connectivity index (χ0) is 18.9. The van der Waals surface area contributed by atoms with E-state index in [1.165, 1.54) is 12.1 Å². The highest BCUT2D eigenvalue weighted by molar-refractivity contribution is 5.78. The van der Waals surface area contributed by atoms with E-state index in [9.17, 15) is 13.2 Å². The normalized spacial score (nSPS) is 11.8. The number of H-pyrrole nitrogens is 1. The van der Waals surface area contributed by atoms with Crippen molar-refractivity contribution >= 4 is 11.2 Å². The summed E-state index contributed by atoms with van der Waals surface area (Å²) < 4.78 is 37.9. The third kappa shape index (κ3) is 3.84. The second-order valence-corrected chi connectivity index (χ2v) is 6.34. The Labute approximate surface area is 153 Å². The molecule has 2 aromatic heterocycles. The molecule has 0 saturated carbocycles. The first-order valence-electron chi connectivity index (χ1n) is 8.55. The Balaban J connectivity index is 1.49. The van der Waals surface area contributed by atoms with E-state index >= 15 is 0 Å². The van der Waals surface area contributed by atoms with Gasteiger partial charge in [-0.3, -0.25) is 0 Å². The molecule has 0 unspecified atom stereocenters. The maximum atomic E-state index is 12.6. The Morgan fingerprint density at radius 2 is 1.59 bits per heavy atom. The monoisotopic (exact) mass is 367 g/mol. The van der Waals surface area contributed by atoms with Crippen LogP contribution in [-0.4, -0.2) is 15.0 Å². The number of aryl methyl sites for hydroxylation is 2. The molecule has 0 aliphatic carbocycles. The van der Waals surface area contributed by atoms with Gasteiger partial charge in [0.2, 0.25) is 0 Å². The highest BCUT2D eigenvalue weighted by atomic mass is 19.4. The SMILES string of the molecule is FC(F)(F)c1ccc(CCc2nc3ncc(-c4ccccc4)cc3[nH]2)cc1. The van der Waals surface area contributed by atoms with Gasteiger partial charge in [-0.05, 0) is 35.7 Å². The zero-order valence-electron chi connectivity index (χ0n) is 14.3. The van der Waals surface area contributed by atoms with E-state index in [0.717, 1.165) is 40.2 Å². The summed E-state index contributed by atoms with van der Waals surface area (Å²) in [5.74, 6) is 0.766. The lowest BCUT2D eigenvalue weighted by Gasteiger charge is -2.07. The van der Waals surface area contributed by atoms with E-state index in [0.29, 0.717) is 18.5 Å². The van der Waals surface area contributed by atoms with Crippen LogP contribution in [0.4, 0.5) is 13.2 Å². The molecule has 0 saturated heterocycles. The summed E-state index contributed by atoms with van der Waals surface area (Å²) in [5, 5.41) is 0. The lowest BCUT2D eigenvalue weighted by molar-refractivity contribution is -0.137. The van der Waals surface area contributed by atoms with Crippen LogP contribution < -0.4 is 0 Å². The van der Waals surface area contributed by atoms with E-state index in [2.05, 4.69) is 15.0 Å². The van der Waals surface area contributed by atoms with Gasteiger partial charge in [0.25, 0.3) is 0 Å². The number of pyridine rings is 1. The molecule has 4 rings (SSSR count). The van der Waals surface area contributed by atoms with Gasteiger partial charge in [0.05, 0.1) is 11.1 Å². The number of fused-ring (bicyclic) bond motifs is 1. The fourth-order valence-electron chi connectivity index (χ4n) is 2.98. The molecular formula is C21H16F3N3. The Hall–Kier alpha value is -3.15. The lowest BCUT2D eigenvalue weighted by Crippen LogP contribution is -2.04. The van der Waals surface area contributed by atoms with Crippen LogP contribution in [0.3, 0.4) is 0 Å². The number of hydrogen-bond acceptors (Lipinski definition) is 2. The number of aromatic amines is 1. The average Bonchev–Trinajstić information content (AvgIpc) is 3.09. The zero-order valence-corrected chi connectivity index (χ0v) is 14.3. The van der Waals surface area contributed by atoms with Crippen LogP contribution in [0.2, 0.25) is 0 Å². The number of benzene rings is 2. The van der Waals surface area contributed by atoms with Crippen LogP contribution in [0.1, 0.15) is 17.0 Å². The molecule has 0 aliphatic heterocycles. The summed E-state index contributed by atoms with van der Waals surface area (Å²) in [6.07, 6.45) is -1.32. The van der Waals surface area contributed by atoms with Gasteiger partial charge in [-0.15, -0.1) is 0 Å². The van der Waals surface area contributed by atoms with Crippen LogP contribution >= 0.6 is 0 Å². The van der Waals surface area contributed by atoms with Crippen molar-refractivity contribution in [3.8, 4) is 11.1 Å². The Kier molecular flexibility index (Phi) is 4.39. The van der Waals surface area contributed by atoms with Crippen molar-refractivity contribution in [1.82, 2.24) is 15.0 Å². The molecule has 1 N–H and O–H groups in total. The van der Waals surface area contributed by atoms with Gasteiger partial charge in [-0.2, -0.15) is 13.2 Å². The van der Waals surface area contributed by atoms with Crippen molar-refractivity contribution in [2.24, 2.45) is 0 Å². The van der Waals surface area contributed by atoms with Crippen molar-refractivity contribution < 1.29 is 13.2 Å². The summed E-state index contributed by atoms with van der Waals surface area (Å²) in [6, 6.07) is 17.2. The first-order valence-corrected chi connectivity index (χ1v) is 8.55. The van der Waals surface area contributed by atoms with Gasteiger partial charge in [0, 0.05) is 18.2 Å². The van der Waals surface area contributed by atoms with Gasteiger partial charge in [0.1, 0.15) is 5.82 Å². The molecule has 0 bridgehead atoms. The van der Waals surface area contributed by atoms with Crippen molar-refractivity contribution in [2.75, 3.05) is 0 Å². The molecule has 6 heteroatoms. The number of hydrogen-bond donors (Lipinski definition) is 1. The third-order valence-electron chi connectivity index (χ3n) is 4.43. The predicted octanol–water partition coefficient (Wildman–Crippen LogP) is 5.43. The quantitative estimate of drug-likeness (QED) is 0.523. The maximum Gasteiger partial charge on any atom is 0.416 e. The second-order valence-electron chi connectivity index (χ2n) is 6.34. The minimum absolute atomic E-state index is 0.600. The molecule has 136 valence electrons. The number of imidazole rings is 1. The highest BCUT2D eigenvalue weighted by Crippen LogP contribution is 2.29. The summed E-state index contributed by atoms with van der Waals surface area (Å²) in [5.41, 5.74) is 3.76. The Morgan fingerprint density at radius 1 is 0.852 bits per heavy atom. The fourth-order valence-corrected chi connectivity index (χ4v) is 2.98. The average molecular weight is 367 g/mol. The van der Waals surface area contributed by atoms with Gasteiger partial charge >= 0.3 is 6.18 Å². The van der Waals surface area contributed by atoms with Gasteiger partial charge in [-0.25, -0.2) is 9.97 Å². The molecule has 2 heterocycles. The van der Waals surface area contributed by atoms with E-state index in [1.807, 2.05) is 36.4 Å². The first-order chi connectivity index (χ1) is 13.0. The molecular weight excluding hydrogens is 351 g/mol. The lowest BCUT2D eigenvalue weighted by atomic mass is 10.1. The van der Waals surface area contributed by atoms with Crippen LogP contribution in [-0.2, 0) is 19.0 Å². The molecule has 0 fully saturated rings. The topological polar surface area (TPSA) is 41.6 Å².